The molecule has 0 aliphatic carbocycles. The van der Waals surface area contributed by atoms with E-state index in [1.807, 2.05) is 60.7 Å². The van der Waals surface area contributed by atoms with Crippen molar-refractivity contribution in [2.45, 2.75) is 13.1 Å². The van der Waals surface area contributed by atoms with Gasteiger partial charge < -0.3 is 21.5 Å². The highest BCUT2D eigenvalue weighted by Crippen LogP contribution is 2.33. The first-order chi connectivity index (χ1) is 15.5. The minimum Gasteiger partial charge on any atom is -0.508 e. The molecule has 3 aromatic rings. The molecule has 3 rings (SSSR count). The first-order valence-electron chi connectivity index (χ1n) is 9.77. The Bertz CT molecular complexity index is 1130. The van der Waals surface area contributed by atoms with Gasteiger partial charge in [0.2, 0.25) is 5.96 Å². The number of hydrogen-bond acceptors (Lipinski definition) is 4. The molecule has 0 radical (unpaired) electrons. The molecule has 0 atom stereocenters. The van der Waals surface area contributed by atoms with Gasteiger partial charge in [0.15, 0.2) is 5.82 Å². The Hall–Kier alpha value is -3.48. The van der Waals surface area contributed by atoms with Crippen LogP contribution in [0.15, 0.2) is 88.6 Å². The van der Waals surface area contributed by atoms with Gasteiger partial charge in [-0.15, -0.1) is 0 Å². The number of halogens is 2. The maximum Gasteiger partial charge on any atom is 0.224 e. The van der Waals surface area contributed by atoms with Crippen molar-refractivity contribution in [3.8, 4) is 5.75 Å². The van der Waals surface area contributed by atoms with Gasteiger partial charge in [-0.25, -0.2) is 4.99 Å². The summed E-state index contributed by atoms with van der Waals surface area (Å²) in [4.78, 5) is 8.52. The van der Waals surface area contributed by atoms with Gasteiger partial charge in [-0.1, -0.05) is 83.9 Å². The van der Waals surface area contributed by atoms with Crippen molar-refractivity contribution >= 4 is 41.6 Å². The molecule has 6 nitrogen and oxygen atoms in total. The SMILES string of the molecule is C=N/C(=N\C(NCc1ccccc1)=C(/N)c1cc(O)cc(Cl)c1Cl)NCc1ccccc1. The van der Waals surface area contributed by atoms with Crippen molar-refractivity contribution in [2.75, 3.05) is 0 Å². The van der Waals surface area contributed by atoms with E-state index < -0.39 is 0 Å². The van der Waals surface area contributed by atoms with E-state index in [2.05, 4.69) is 27.3 Å². The van der Waals surface area contributed by atoms with Crippen LogP contribution in [0.1, 0.15) is 16.7 Å². The van der Waals surface area contributed by atoms with Crippen molar-refractivity contribution in [3.63, 3.8) is 0 Å². The van der Waals surface area contributed by atoms with E-state index in [1.54, 1.807) is 0 Å². The molecule has 164 valence electrons. The smallest absolute Gasteiger partial charge is 0.224 e. The monoisotopic (exact) mass is 467 g/mol. The molecule has 0 heterocycles. The second-order valence-corrected chi connectivity index (χ2v) is 7.61. The standard InChI is InChI=1S/C24H23Cl2N5O/c1-28-24(30-15-17-10-6-3-7-11-17)31-23(29-14-16-8-4-2-5-9-16)22(27)19-12-18(32)13-20(25)21(19)26/h2-13,29,32H,1,14-15,27H2,(H,30,31)/b23-22-. The van der Waals surface area contributed by atoms with Crippen LogP contribution in [0.4, 0.5) is 0 Å². The summed E-state index contributed by atoms with van der Waals surface area (Å²) in [5.74, 6) is 0.517. The molecule has 0 aliphatic rings. The first-order valence-corrected chi connectivity index (χ1v) is 10.5. The lowest BCUT2D eigenvalue weighted by molar-refractivity contribution is 0.475. The molecule has 0 saturated heterocycles. The van der Waals surface area contributed by atoms with Crippen molar-refractivity contribution in [1.82, 2.24) is 10.6 Å². The van der Waals surface area contributed by atoms with E-state index in [9.17, 15) is 5.11 Å². The number of hydrogen-bond donors (Lipinski definition) is 4. The zero-order valence-corrected chi connectivity index (χ0v) is 18.7. The van der Waals surface area contributed by atoms with Crippen LogP contribution in [0.2, 0.25) is 10.0 Å². The van der Waals surface area contributed by atoms with Crippen LogP contribution in [-0.2, 0) is 13.1 Å². The predicted molar refractivity (Wildman–Crippen MR) is 133 cm³/mol. The van der Waals surface area contributed by atoms with Crippen molar-refractivity contribution in [2.24, 2.45) is 15.7 Å². The number of aromatic hydroxyl groups is 1. The van der Waals surface area contributed by atoms with E-state index in [1.165, 1.54) is 12.1 Å². The Morgan fingerprint density at radius 1 is 0.906 bits per heavy atom. The molecule has 5 N–H and O–H groups in total. The van der Waals surface area contributed by atoms with Crippen molar-refractivity contribution in [3.05, 3.63) is 105 Å². The summed E-state index contributed by atoms with van der Waals surface area (Å²) in [6.07, 6.45) is 0. The highest BCUT2D eigenvalue weighted by molar-refractivity contribution is 6.43. The number of phenolic OH excluding ortho intramolecular Hbond substituents is 1. The van der Waals surface area contributed by atoms with Crippen LogP contribution in [0, 0.1) is 0 Å². The number of aliphatic imine (C=N–C) groups is 2. The lowest BCUT2D eigenvalue weighted by Crippen LogP contribution is -2.24. The van der Waals surface area contributed by atoms with Crippen LogP contribution in [-0.4, -0.2) is 17.8 Å². The van der Waals surface area contributed by atoms with Crippen molar-refractivity contribution < 1.29 is 5.11 Å². The fourth-order valence-electron chi connectivity index (χ4n) is 2.89. The second kappa shape index (κ2) is 11.2. The number of nitrogens with two attached hydrogens (primary N) is 1. The lowest BCUT2D eigenvalue weighted by Gasteiger charge is -2.15. The van der Waals surface area contributed by atoms with E-state index in [4.69, 9.17) is 28.9 Å². The molecule has 0 aliphatic heterocycles. The second-order valence-electron chi connectivity index (χ2n) is 6.82. The third-order valence-electron chi connectivity index (χ3n) is 4.52. The molecule has 32 heavy (non-hydrogen) atoms. The van der Waals surface area contributed by atoms with Crippen LogP contribution in [0.5, 0.6) is 5.75 Å². The Balaban J connectivity index is 1.96. The molecular formula is C24H23Cl2N5O. The third kappa shape index (κ3) is 6.26. The summed E-state index contributed by atoms with van der Waals surface area (Å²) in [5, 5.41) is 16.7. The minimum atomic E-state index is -0.0620. The van der Waals surface area contributed by atoms with Gasteiger partial charge in [0, 0.05) is 24.7 Å². The van der Waals surface area contributed by atoms with Gasteiger partial charge in [0.25, 0.3) is 0 Å². The highest BCUT2D eigenvalue weighted by Gasteiger charge is 2.14. The third-order valence-corrected chi connectivity index (χ3v) is 5.32. The van der Waals surface area contributed by atoms with Gasteiger partial charge >= 0.3 is 0 Å². The maximum atomic E-state index is 9.98. The van der Waals surface area contributed by atoms with Crippen molar-refractivity contribution in [1.29, 1.82) is 0 Å². The van der Waals surface area contributed by atoms with Crippen LogP contribution < -0.4 is 16.4 Å². The Kier molecular flexibility index (Phi) is 8.14. The molecule has 0 bridgehead atoms. The van der Waals surface area contributed by atoms with E-state index in [0.717, 1.165) is 11.1 Å². The largest absolute Gasteiger partial charge is 0.508 e. The first kappa shape index (κ1) is 23.2. The number of nitrogens with zero attached hydrogens (tertiary/aromatic N) is 2. The van der Waals surface area contributed by atoms with Gasteiger partial charge in [-0.2, -0.15) is 4.99 Å². The van der Waals surface area contributed by atoms with Gasteiger partial charge in [-0.3, -0.25) is 0 Å². The topological polar surface area (TPSA) is 95.0 Å². The minimum absolute atomic E-state index is 0.0620. The Morgan fingerprint density at radius 2 is 1.47 bits per heavy atom. The summed E-state index contributed by atoms with van der Waals surface area (Å²) in [7, 11) is 0. The van der Waals surface area contributed by atoms with Crippen LogP contribution in [0.3, 0.4) is 0 Å². The summed E-state index contributed by atoms with van der Waals surface area (Å²) >= 11 is 12.5. The quantitative estimate of drug-likeness (QED) is 0.293. The fourth-order valence-corrected chi connectivity index (χ4v) is 3.31. The zero-order chi connectivity index (χ0) is 22.9. The molecule has 3 aromatic carbocycles. The van der Waals surface area contributed by atoms with Gasteiger partial charge in [-0.05, 0) is 23.9 Å². The number of rotatable bonds is 7. The number of benzene rings is 3. The Labute approximate surface area is 197 Å². The van der Waals surface area contributed by atoms with E-state index in [0.29, 0.717) is 24.5 Å². The number of nitrogens with one attached hydrogen (secondary N) is 2. The maximum absolute atomic E-state index is 9.98. The lowest BCUT2D eigenvalue weighted by atomic mass is 10.1. The average Bonchev–Trinajstić information content (AvgIpc) is 2.82. The fraction of sp³-hybridized carbons (Fsp3) is 0.0833. The molecule has 8 heteroatoms. The predicted octanol–water partition coefficient (Wildman–Crippen LogP) is 4.92. The van der Waals surface area contributed by atoms with E-state index >= 15 is 0 Å². The van der Waals surface area contributed by atoms with Crippen LogP contribution >= 0.6 is 23.2 Å². The molecule has 0 saturated carbocycles. The normalized spacial score (nSPS) is 12.1. The van der Waals surface area contributed by atoms with Gasteiger partial charge in [0.05, 0.1) is 15.7 Å². The summed E-state index contributed by atoms with van der Waals surface area (Å²) < 4.78 is 0. The Morgan fingerprint density at radius 3 is 2.03 bits per heavy atom. The molecule has 0 aromatic heterocycles. The van der Waals surface area contributed by atoms with Gasteiger partial charge in [0.1, 0.15) is 5.75 Å². The summed E-state index contributed by atoms with van der Waals surface area (Å²) in [5.41, 5.74) is 9.05. The molecule has 0 fully saturated rings. The van der Waals surface area contributed by atoms with Crippen LogP contribution in [0.25, 0.3) is 5.70 Å². The number of phenols is 1. The van der Waals surface area contributed by atoms with E-state index in [-0.39, 0.29) is 27.5 Å². The zero-order valence-electron chi connectivity index (χ0n) is 17.2. The molecular weight excluding hydrogens is 445 g/mol. The average molecular weight is 468 g/mol. The highest BCUT2D eigenvalue weighted by atomic mass is 35.5. The number of guanidine groups is 1. The molecule has 0 amide bonds. The molecule has 0 spiro atoms. The summed E-state index contributed by atoms with van der Waals surface area (Å²) in [6.45, 7) is 4.56. The summed E-state index contributed by atoms with van der Waals surface area (Å²) in [6, 6.07) is 22.4. The molecule has 0 unspecified atom stereocenters.